The Morgan fingerprint density at radius 3 is 1.53 bits per heavy atom. The summed E-state index contributed by atoms with van der Waals surface area (Å²) in [4.78, 5) is 2.38. The second-order valence-electron chi connectivity index (χ2n) is 13.2. The van der Waals surface area contributed by atoms with E-state index in [9.17, 15) is 0 Å². The normalized spacial score (nSPS) is 12.9. The van der Waals surface area contributed by atoms with Crippen LogP contribution < -0.4 is 4.90 Å². The van der Waals surface area contributed by atoms with E-state index in [1.54, 1.807) is 0 Å². The van der Waals surface area contributed by atoms with Gasteiger partial charge >= 0.3 is 0 Å². The van der Waals surface area contributed by atoms with E-state index in [1.807, 2.05) is 11.3 Å². The first-order valence-electron chi connectivity index (χ1n) is 17.5. The van der Waals surface area contributed by atoms with Crippen molar-refractivity contribution in [3.8, 4) is 22.3 Å². The fraction of sp³-hybridized carbons (Fsp3) is 0.0204. The summed E-state index contributed by atoms with van der Waals surface area (Å²) in [6, 6.07) is 73.4. The largest absolute Gasteiger partial charge is 0.310 e. The summed E-state index contributed by atoms with van der Waals surface area (Å²) in [5.74, 6) is 0. The lowest BCUT2D eigenvalue weighted by atomic mass is 9.67. The van der Waals surface area contributed by atoms with E-state index in [0.717, 1.165) is 17.1 Å². The number of para-hydroxylation sites is 2. The summed E-state index contributed by atoms with van der Waals surface area (Å²) in [5.41, 5.74) is 13.1. The maximum atomic E-state index is 2.52. The van der Waals surface area contributed by atoms with E-state index in [0.29, 0.717) is 0 Å². The summed E-state index contributed by atoms with van der Waals surface area (Å²) in [6.45, 7) is 0. The van der Waals surface area contributed by atoms with Gasteiger partial charge in [0.05, 0.1) is 5.41 Å². The number of hydrogen-bond acceptors (Lipinski definition) is 2. The van der Waals surface area contributed by atoms with Crippen molar-refractivity contribution in [2.45, 2.75) is 5.41 Å². The van der Waals surface area contributed by atoms with Gasteiger partial charge < -0.3 is 4.90 Å². The summed E-state index contributed by atoms with van der Waals surface area (Å²) >= 11 is 1.90. The summed E-state index contributed by atoms with van der Waals surface area (Å²) < 4.78 is 2.62. The Balaban J connectivity index is 1.39. The Labute approximate surface area is 302 Å². The van der Waals surface area contributed by atoms with Gasteiger partial charge in [-0.1, -0.05) is 152 Å². The molecule has 9 aromatic rings. The Morgan fingerprint density at radius 2 is 0.922 bits per heavy atom. The molecular weight excluding hydrogens is 635 g/mol. The molecule has 10 rings (SSSR count). The fourth-order valence-electron chi connectivity index (χ4n) is 8.47. The van der Waals surface area contributed by atoms with Gasteiger partial charge in [0.15, 0.2) is 0 Å². The van der Waals surface area contributed by atoms with E-state index in [4.69, 9.17) is 0 Å². The van der Waals surface area contributed by atoms with Crippen LogP contribution >= 0.6 is 11.3 Å². The zero-order chi connectivity index (χ0) is 33.8. The molecule has 0 atom stereocenters. The first kappa shape index (κ1) is 29.7. The van der Waals surface area contributed by atoms with Crippen LogP contribution in [0.25, 0.3) is 42.4 Å². The molecule has 0 unspecified atom stereocenters. The SMILES string of the molecule is c1ccc(-c2c3c(cc4sc5ccccc5c24)C(c2ccccc2)(c2ccccc2)c2ccc(N(c4ccccc4)c4ccccc4)cc2-3)cc1. The van der Waals surface area contributed by atoms with Gasteiger partial charge in [-0.2, -0.15) is 0 Å². The van der Waals surface area contributed by atoms with Crippen molar-refractivity contribution in [3.05, 3.63) is 222 Å². The highest BCUT2D eigenvalue weighted by Crippen LogP contribution is 2.61. The molecule has 0 spiro atoms. The lowest BCUT2D eigenvalue weighted by Gasteiger charge is -2.34. The van der Waals surface area contributed by atoms with Crippen LogP contribution in [0.2, 0.25) is 0 Å². The third-order valence-corrected chi connectivity index (χ3v) is 11.6. The van der Waals surface area contributed by atoms with Crippen molar-refractivity contribution >= 4 is 48.6 Å². The second-order valence-corrected chi connectivity index (χ2v) is 14.3. The van der Waals surface area contributed by atoms with Gasteiger partial charge in [-0.3, -0.25) is 0 Å². The summed E-state index contributed by atoms with van der Waals surface area (Å²) in [5, 5.41) is 2.64. The summed E-state index contributed by atoms with van der Waals surface area (Å²) in [6.07, 6.45) is 0. The highest BCUT2D eigenvalue weighted by molar-refractivity contribution is 7.26. The van der Waals surface area contributed by atoms with Crippen LogP contribution in [0, 0.1) is 0 Å². The average molecular weight is 668 g/mol. The molecule has 0 bridgehead atoms. The van der Waals surface area contributed by atoms with Crippen molar-refractivity contribution in [3.63, 3.8) is 0 Å². The van der Waals surface area contributed by atoms with Crippen LogP contribution in [0.3, 0.4) is 0 Å². The number of rotatable bonds is 6. The van der Waals surface area contributed by atoms with Crippen LogP contribution in [0.5, 0.6) is 0 Å². The Hall–Kier alpha value is -6.22. The molecule has 51 heavy (non-hydrogen) atoms. The zero-order valence-corrected chi connectivity index (χ0v) is 28.7. The first-order valence-corrected chi connectivity index (χ1v) is 18.3. The van der Waals surface area contributed by atoms with E-state index in [-0.39, 0.29) is 0 Å². The van der Waals surface area contributed by atoms with Gasteiger partial charge in [0.1, 0.15) is 0 Å². The molecule has 0 saturated heterocycles. The molecule has 1 aliphatic rings. The van der Waals surface area contributed by atoms with E-state index in [1.165, 1.54) is 64.7 Å². The predicted molar refractivity (Wildman–Crippen MR) is 217 cm³/mol. The summed E-state index contributed by atoms with van der Waals surface area (Å²) in [7, 11) is 0. The molecule has 0 fully saturated rings. The molecule has 0 saturated carbocycles. The van der Waals surface area contributed by atoms with E-state index >= 15 is 0 Å². The van der Waals surface area contributed by atoms with Gasteiger partial charge in [-0.25, -0.2) is 0 Å². The minimum Gasteiger partial charge on any atom is -0.310 e. The van der Waals surface area contributed by atoms with Gasteiger partial charge in [-0.05, 0) is 93.0 Å². The average Bonchev–Trinajstić information content (AvgIpc) is 3.72. The van der Waals surface area contributed by atoms with Crippen molar-refractivity contribution in [2.75, 3.05) is 4.90 Å². The van der Waals surface area contributed by atoms with Crippen LogP contribution in [-0.2, 0) is 5.41 Å². The van der Waals surface area contributed by atoms with Gasteiger partial charge in [0, 0.05) is 37.2 Å². The van der Waals surface area contributed by atoms with Gasteiger partial charge in [-0.15, -0.1) is 11.3 Å². The number of thiophene rings is 1. The minimum atomic E-state index is -0.524. The van der Waals surface area contributed by atoms with Crippen LogP contribution in [0.15, 0.2) is 200 Å². The monoisotopic (exact) mass is 667 g/mol. The zero-order valence-electron chi connectivity index (χ0n) is 27.9. The highest BCUT2D eigenvalue weighted by atomic mass is 32.1. The Kier molecular flexibility index (Phi) is 6.97. The topological polar surface area (TPSA) is 3.24 Å². The van der Waals surface area contributed by atoms with Crippen LogP contribution in [0.4, 0.5) is 17.1 Å². The lowest BCUT2D eigenvalue weighted by molar-refractivity contribution is 0.770. The first-order chi connectivity index (χ1) is 25.3. The van der Waals surface area contributed by atoms with Crippen LogP contribution in [0.1, 0.15) is 22.3 Å². The smallest absolute Gasteiger partial charge is 0.0714 e. The number of benzene rings is 8. The molecule has 1 heterocycles. The molecule has 0 N–H and O–H groups in total. The van der Waals surface area contributed by atoms with Gasteiger partial charge in [0.25, 0.3) is 0 Å². The maximum absolute atomic E-state index is 2.52. The van der Waals surface area contributed by atoms with Gasteiger partial charge in [0.2, 0.25) is 0 Å². The predicted octanol–water partition coefficient (Wildman–Crippen LogP) is 13.6. The van der Waals surface area contributed by atoms with Crippen molar-refractivity contribution in [1.82, 2.24) is 0 Å². The highest BCUT2D eigenvalue weighted by Gasteiger charge is 2.48. The molecule has 1 nitrogen and oxygen atoms in total. The Bertz CT molecular complexity index is 2580. The fourth-order valence-corrected chi connectivity index (χ4v) is 9.63. The van der Waals surface area contributed by atoms with Crippen molar-refractivity contribution < 1.29 is 0 Å². The number of anilines is 3. The lowest BCUT2D eigenvalue weighted by Crippen LogP contribution is -2.28. The molecule has 8 aromatic carbocycles. The number of fused-ring (bicyclic) bond motifs is 6. The molecule has 1 aliphatic carbocycles. The molecule has 240 valence electrons. The molecule has 1 aromatic heterocycles. The third kappa shape index (κ3) is 4.54. The van der Waals surface area contributed by atoms with E-state index < -0.39 is 5.41 Å². The number of hydrogen-bond donors (Lipinski definition) is 0. The molecule has 0 amide bonds. The van der Waals surface area contributed by atoms with E-state index in [2.05, 4.69) is 205 Å². The number of nitrogens with zero attached hydrogens (tertiary/aromatic N) is 1. The maximum Gasteiger partial charge on any atom is 0.0714 e. The standard InChI is InChI=1S/C49H33NS/c1-6-18-34(19-7-1)46-47-41-32-39(50(37-24-12-4-13-25-37)38-26-14-5-15-27-38)30-31-42(41)49(35-20-8-2-9-21-35,36-22-10-3-11-23-36)43(47)33-45-48(46)40-28-16-17-29-44(40)51-45/h1-33H. The quantitative estimate of drug-likeness (QED) is 0.171. The van der Waals surface area contributed by atoms with Crippen molar-refractivity contribution in [1.29, 1.82) is 0 Å². The molecule has 0 radical (unpaired) electrons. The molecule has 2 heteroatoms. The Morgan fingerprint density at radius 1 is 0.392 bits per heavy atom. The van der Waals surface area contributed by atoms with Crippen molar-refractivity contribution in [2.24, 2.45) is 0 Å². The third-order valence-electron chi connectivity index (χ3n) is 10.5. The van der Waals surface area contributed by atoms with Crippen LogP contribution in [-0.4, -0.2) is 0 Å². The minimum absolute atomic E-state index is 0.524. The second kappa shape index (κ2) is 12.0. The molecule has 0 aliphatic heterocycles. The molecular formula is C49H33NS.